The molecule has 0 aliphatic carbocycles. The van der Waals surface area contributed by atoms with E-state index in [0.717, 1.165) is 11.1 Å². The monoisotopic (exact) mass is 443 g/mol. The molecule has 1 amide bonds. The minimum absolute atomic E-state index is 0.0466. The SMILES string of the molecule is O=C([C@@H](O)c1ccccc1)N1CC2=C(C1)CN(S(=O)(=O)c1cnc3c(c1)OCCO3)C2. The predicted molar refractivity (Wildman–Crippen MR) is 109 cm³/mol. The van der Waals surface area contributed by atoms with E-state index in [0.29, 0.717) is 43.5 Å². The van der Waals surface area contributed by atoms with Crippen molar-refractivity contribution in [3.8, 4) is 11.6 Å². The van der Waals surface area contributed by atoms with Crippen LogP contribution in [-0.4, -0.2) is 73.0 Å². The summed E-state index contributed by atoms with van der Waals surface area (Å²) in [5.74, 6) is 0.225. The highest BCUT2D eigenvalue weighted by Crippen LogP contribution is 2.34. The number of nitrogens with zero attached hydrogens (tertiary/aromatic N) is 3. The first-order chi connectivity index (χ1) is 14.9. The summed E-state index contributed by atoms with van der Waals surface area (Å²) in [6, 6.07) is 10.2. The van der Waals surface area contributed by atoms with Crippen molar-refractivity contribution in [3.05, 3.63) is 59.3 Å². The molecule has 0 fully saturated rings. The maximum Gasteiger partial charge on any atom is 0.257 e. The molecule has 1 N–H and O–H groups in total. The van der Waals surface area contributed by atoms with Crippen LogP contribution in [0.1, 0.15) is 11.7 Å². The molecule has 9 nitrogen and oxygen atoms in total. The van der Waals surface area contributed by atoms with Crippen molar-refractivity contribution in [3.63, 3.8) is 0 Å². The highest BCUT2D eigenvalue weighted by molar-refractivity contribution is 7.89. The van der Waals surface area contributed by atoms with Crippen molar-refractivity contribution in [2.24, 2.45) is 0 Å². The molecule has 10 heteroatoms. The fourth-order valence-electron chi connectivity index (χ4n) is 4.03. The van der Waals surface area contributed by atoms with Crippen molar-refractivity contribution < 1.29 is 27.8 Å². The first kappa shape index (κ1) is 20.0. The van der Waals surface area contributed by atoms with Crippen molar-refractivity contribution in [1.82, 2.24) is 14.2 Å². The molecule has 1 atom stereocenters. The largest absolute Gasteiger partial charge is 0.484 e. The molecule has 0 saturated carbocycles. The Kier molecular flexibility index (Phi) is 4.92. The predicted octanol–water partition coefficient (Wildman–Crippen LogP) is 0.730. The van der Waals surface area contributed by atoms with Gasteiger partial charge in [0.05, 0.1) is 6.20 Å². The lowest BCUT2D eigenvalue weighted by molar-refractivity contribution is -0.139. The maximum atomic E-state index is 13.1. The third kappa shape index (κ3) is 3.56. The molecule has 5 rings (SSSR count). The van der Waals surface area contributed by atoms with Crippen LogP contribution in [0.2, 0.25) is 0 Å². The van der Waals surface area contributed by atoms with Crippen molar-refractivity contribution in [1.29, 1.82) is 0 Å². The Morgan fingerprint density at radius 1 is 1.03 bits per heavy atom. The summed E-state index contributed by atoms with van der Waals surface area (Å²) in [6.45, 7) is 1.75. The smallest absolute Gasteiger partial charge is 0.257 e. The van der Waals surface area contributed by atoms with E-state index in [1.54, 1.807) is 29.2 Å². The zero-order valence-electron chi connectivity index (χ0n) is 16.6. The number of ether oxygens (including phenoxy) is 2. The van der Waals surface area contributed by atoms with Crippen LogP contribution in [0, 0.1) is 0 Å². The number of hydrogen-bond acceptors (Lipinski definition) is 7. The topological polar surface area (TPSA) is 109 Å². The van der Waals surface area contributed by atoms with Gasteiger partial charge in [-0.15, -0.1) is 0 Å². The Morgan fingerprint density at radius 3 is 2.42 bits per heavy atom. The number of amides is 1. The van der Waals surface area contributed by atoms with Crippen molar-refractivity contribution in [2.45, 2.75) is 11.0 Å². The lowest BCUT2D eigenvalue weighted by Gasteiger charge is -2.25. The number of carbonyl (C=O) groups is 1. The molecule has 162 valence electrons. The highest BCUT2D eigenvalue weighted by Gasteiger charge is 2.39. The summed E-state index contributed by atoms with van der Waals surface area (Å²) in [5, 5.41) is 10.4. The molecule has 1 aromatic heterocycles. The van der Waals surface area contributed by atoms with Crippen LogP contribution in [0.15, 0.2) is 58.6 Å². The lowest BCUT2D eigenvalue weighted by atomic mass is 10.1. The lowest BCUT2D eigenvalue weighted by Crippen LogP contribution is -2.38. The van der Waals surface area contributed by atoms with E-state index < -0.39 is 16.1 Å². The van der Waals surface area contributed by atoms with E-state index >= 15 is 0 Å². The van der Waals surface area contributed by atoms with Crippen LogP contribution in [0.3, 0.4) is 0 Å². The van der Waals surface area contributed by atoms with E-state index in [1.807, 2.05) is 6.07 Å². The molecular formula is C21H21N3O6S. The van der Waals surface area contributed by atoms with E-state index in [-0.39, 0.29) is 23.9 Å². The second-order valence-corrected chi connectivity index (χ2v) is 9.60. The van der Waals surface area contributed by atoms with Gasteiger partial charge in [-0.1, -0.05) is 30.3 Å². The number of benzene rings is 1. The standard InChI is InChI=1S/C21H21N3O6S/c25-19(14-4-2-1-3-5-14)21(26)23-10-15-12-24(13-16(15)11-23)31(27,28)17-8-18-20(22-9-17)30-7-6-29-18/h1-5,8-9,19,25H,6-7,10-13H2/t19-/m0/s1. The number of aliphatic hydroxyl groups is 1. The van der Waals surface area contributed by atoms with Crippen LogP contribution < -0.4 is 9.47 Å². The maximum absolute atomic E-state index is 13.1. The second-order valence-electron chi connectivity index (χ2n) is 7.66. The normalized spacial score (nSPS) is 19.5. The minimum Gasteiger partial charge on any atom is -0.484 e. The summed E-state index contributed by atoms with van der Waals surface area (Å²) in [7, 11) is -3.77. The number of aromatic nitrogens is 1. The number of fused-ring (bicyclic) bond motifs is 1. The first-order valence-electron chi connectivity index (χ1n) is 9.91. The Labute approximate surface area is 179 Å². The third-order valence-corrected chi connectivity index (χ3v) is 7.43. The quantitative estimate of drug-likeness (QED) is 0.694. The van der Waals surface area contributed by atoms with Gasteiger partial charge in [0.1, 0.15) is 18.1 Å². The van der Waals surface area contributed by atoms with Crippen molar-refractivity contribution >= 4 is 15.9 Å². The molecule has 1 aromatic carbocycles. The Morgan fingerprint density at radius 2 is 1.71 bits per heavy atom. The zero-order valence-corrected chi connectivity index (χ0v) is 17.4. The molecule has 0 radical (unpaired) electrons. The number of rotatable bonds is 4. The molecule has 0 unspecified atom stereocenters. The van der Waals surface area contributed by atoms with Gasteiger partial charge >= 0.3 is 0 Å². The van der Waals surface area contributed by atoms with Gasteiger partial charge in [0.2, 0.25) is 10.0 Å². The van der Waals surface area contributed by atoms with Gasteiger partial charge < -0.3 is 19.5 Å². The molecule has 3 aliphatic heterocycles. The van der Waals surface area contributed by atoms with E-state index in [1.165, 1.54) is 16.6 Å². The summed E-state index contributed by atoms with van der Waals surface area (Å²) in [4.78, 5) is 18.4. The van der Waals surface area contributed by atoms with Crippen LogP contribution in [0.4, 0.5) is 0 Å². The van der Waals surface area contributed by atoms with Crippen molar-refractivity contribution in [2.75, 3.05) is 39.4 Å². The molecule has 3 aliphatic rings. The van der Waals surface area contributed by atoms with Gasteiger partial charge in [-0.25, -0.2) is 13.4 Å². The average Bonchev–Trinajstić information content (AvgIpc) is 3.38. The van der Waals surface area contributed by atoms with E-state index in [4.69, 9.17) is 9.47 Å². The number of hydrogen-bond donors (Lipinski definition) is 1. The minimum atomic E-state index is -3.77. The Balaban J connectivity index is 1.26. The molecule has 0 bridgehead atoms. The molecule has 2 aromatic rings. The van der Waals surface area contributed by atoms with Crippen LogP contribution in [0.5, 0.6) is 11.6 Å². The highest BCUT2D eigenvalue weighted by atomic mass is 32.2. The molecular weight excluding hydrogens is 422 g/mol. The van der Waals surface area contributed by atoms with Gasteiger partial charge in [0.15, 0.2) is 11.9 Å². The average molecular weight is 443 g/mol. The van der Waals surface area contributed by atoms with Crippen LogP contribution >= 0.6 is 0 Å². The Hall–Kier alpha value is -2.95. The second kappa shape index (κ2) is 7.63. The zero-order chi connectivity index (χ0) is 21.6. The summed E-state index contributed by atoms with van der Waals surface area (Å²) < 4.78 is 38.4. The number of aliphatic hydroxyl groups excluding tert-OH is 1. The fraction of sp³-hybridized carbons (Fsp3) is 0.333. The van der Waals surface area contributed by atoms with Gasteiger partial charge in [0.25, 0.3) is 11.8 Å². The van der Waals surface area contributed by atoms with E-state index in [9.17, 15) is 18.3 Å². The molecule has 0 saturated heterocycles. The van der Waals surface area contributed by atoms with Gasteiger partial charge in [0, 0.05) is 32.2 Å². The molecule has 31 heavy (non-hydrogen) atoms. The molecule has 0 spiro atoms. The van der Waals surface area contributed by atoms with E-state index in [2.05, 4.69) is 4.98 Å². The summed E-state index contributed by atoms with van der Waals surface area (Å²) in [6.07, 6.45) is 0.0445. The number of sulfonamides is 1. The van der Waals surface area contributed by atoms with Crippen LogP contribution in [0.25, 0.3) is 0 Å². The summed E-state index contributed by atoms with van der Waals surface area (Å²) >= 11 is 0. The number of pyridine rings is 1. The number of carbonyl (C=O) groups excluding carboxylic acids is 1. The van der Waals surface area contributed by atoms with Gasteiger partial charge in [-0.3, -0.25) is 4.79 Å². The van der Waals surface area contributed by atoms with Crippen LogP contribution in [-0.2, 0) is 14.8 Å². The Bertz CT molecular complexity index is 1150. The fourth-order valence-corrected chi connectivity index (χ4v) is 5.42. The summed E-state index contributed by atoms with van der Waals surface area (Å²) in [5.41, 5.74) is 2.32. The molecule has 4 heterocycles. The first-order valence-corrected chi connectivity index (χ1v) is 11.3. The third-order valence-electron chi connectivity index (χ3n) is 5.67. The van der Waals surface area contributed by atoms with Gasteiger partial charge in [-0.2, -0.15) is 4.31 Å². The van der Waals surface area contributed by atoms with Gasteiger partial charge in [-0.05, 0) is 16.7 Å².